The number of hydrazine groups is 2. The number of hydrogen-bond donors (Lipinski definition) is 2. The molecular weight excluding hydrogens is 624 g/mol. The van der Waals surface area contributed by atoms with E-state index in [0.717, 1.165) is 17.7 Å². The molecule has 0 aliphatic carbocycles. The number of carbonyl (C=O) groups is 2. The summed E-state index contributed by atoms with van der Waals surface area (Å²) in [5, 5.41) is 18.1. The maximum atomic E-state index is 13.2. The van der Waals surface area contributed by atoms with Crippen LogP contribution in [0.1, 0.15) is 47.8 Å². The Balaban J connectivity index is 1.31. The number of hydrogen-bond acceptors (Lipinski definition) is 9. The van der Waals surface area contributed by atoms with Crippen molar-refractivity contribution in [3.8, 4) is 0 Å². The van der Waals surface area contributed by atoms with Crippen molar-refractivity contribution in [2.45, 2.75) is 51.1 Å². The van der Waals surface area contributed by atoms with E-state index in [1.54, 1.807) is 43.1 Å². The summed E-state index contributed by atoms with van der Waals surface area (Å²) in [6.07, 6.45) is 0.704. The van der Waals surface area contributed by atoms with E-state index in [-0.39, 0.29) is 39.5 Å². The maximum absolute atomic E-state index is 13.2. The van der Waals surface area contributed by atoms with E-state index in [2.05, 4.69) is 15.4 Å². The highest BCUT2D eigenvalue weighted by Crippen LogP contribution is 2.30. The summed E-state index contributed by atoms with van der Waals surface area (Å²) < 4.78 is 33.8. The molecule has 0 radical (unpaired) electrons. The van der Waals surface area contributed by atoms with Crippen molar-refractivity contribution in [1.29, 1.82) is 0 Å². The minimum atomic E-state index is -4.09. The minimum absolute atomic E-state index is 0.0272. The van der Waals surface area contributed by atoms with Crippen LogP contribution in [0.15, 0.2) is 76.9 Å². The normalized spacial score (nSPS) is 14.5. The summed E-state index contributed by atoms with van der Waals surface area (Å²) in [5.74, 6) is -1.06. The van der Waals surface area contributed by atoms with Gasteiger partial charge < -0.3 is 14.8 Å². The van der Waals surface area contributed by atoms with Gasteiger partial charge in [0.2, 0.25) is 15.3 Å². The molecule has 1 amide bonds. The molecule has 240 valence electrons. The Bertz CT molecular complexity index is 1650. The van der Waals surface area contributed by atoms with Gasteiger partial charge in [0.25, 0.3) is 12.7 Å². The number of benzene rings is 3. The number of para-hydroxylation sites is 1. The third kappa shape index (κ3) is 8.62. The van der Waals surface area contributed by atoms with Crippen LogP contribution in [0.2, 0.25) is 5.02 Å². The Morgan fingerprint density at radius 1 is 1.09 bits per heavy atom. The number of sulfonamides is 1. The van der Waals surface area contributed by atoms with Crippen LogP contribution in [0.25, 0.3) is 0 Å². The molecule has 0 spiro atoms. The quantitative estimate of drug-likeness (QED) is 0.0650. The summed E-state index contributed by atoms with van der Waals surface area (Å²) in [7, 11) is -4.09. The second-order valence-corrected chi connectivity index (χ2v) is 12.3. The Morgan fingerprint density at radius 2 is 1.78 bits per heavy atom. The van der Waals surface area contributed by atoms with Gasteiger partial charge in [-0.3, -0.25) is 20.0 Å². The van der Waals surface area contributed by atoms with Crippen LogP contribution in [0, 0.1) is 5.21 Å². The molecule has 4 rings (SSSR count). The number of halogens is 1. The Kier molecular flexibility index (Phi) is 11.2. The molecule has 1 unspecified atom stereocenters. The zero-order valence-electron chi connectivity index (χ0n) is 25.1. The molecule has 3 aromatic rings. The highest BCUT2D eigenvalue weighted by molar-refractivity contribution is 7.89. The van der Waals surface area contributed by atoms with Crippen molar-refractivity contribution in [2.75, 3.05) is 24.9 Å². The van der Waals surface area contributed by atoms with Crippen molar-refractivity contribution in [2.24, 2.45) is 5.28 Å². The topological polar surface area (TPSA) is 156 Å². The van der Waals surface area contributed by atoms with Crippen LogP contribution in [-0.2, 0) is 43.8 Å². The highest BCUT2D eigenvalue weighted by Gasteiger charge is 2.28. The van der Waals surface area contributed by atoms with Crippen LogP contribution < -0.4 is 15.2 Å². The van der Waals surface area contributed by atoms with Crippen molar-refractivity contribution in [3.63, 3.8) is 0 Å². The average molecular weight is 659 g/mol. The monoisotopic (exact) mass is 658 g/mol. The van der Waals surface area contributed by atoms with Gasteiger partial charge in [0.05, 0.1) is 41.2 Å². The van der Waals surface area contributed by atoms with Gasteiger partial charge in [-0.1, -0.05) is 54.1 Å². The summed E-state index contributed by atoms with van der Waals surface area (Å²) in [6.45, 7) is 5.87. The summed E-state index contributed by atoms with van der Waals surface area (Å²) in [4.78, 5) is 30.0. The number of carbonyl (C=O) groups excluding carboxylic acids is 2. The van der Waals surface area contributed by atoms with E-state index >= 15 is 0 Å². The molecule has 0 saturated heterocycles. The molecule has 45 heavy (non-hydrogen) atoms. The summed E-state index contributed by atoms with van der Waals surface area (Å²) in [5.41, 5.74) is 6.27. The fraction of sp³-hybridized carbons (Fsp3) is 0.333. The maximum Gasteiger partial charge on any atom is 0.313 e. The fourth-order valence-electron chi connectivity index (χ4n) is 4.69. The van der Waals surface area contributed by atoms with Gasteiger partial charge in [-0.25, -0.2) is 13.1 Å². The number of ether oxygens (including phenoxy) is 1. The molecule has 0 saturated carbocycles. The molecule has 13 nitrogen and oxygen atoms in total. The number of rotatable bonds is 14. The average Bonchev–Trinajstić information content (AvgIpc) is 3.34. The number of nitrogens with zero attached hydrogens (tertiary/aromatic N) is 4. The zero-order valence-corrected chi connectivity index (χ0v) is 26.7. The molecule has 15 heteroatoms. The summed E-state index contributed by atoms with van der Waals surface area (Å²) in [6, 6.07) is 18.5. The van der Waals surface area contributed by atoms with Crippen molar-refractivity contribution in [1.82, 2.24) is 15.2 Å². The van der Waals surface area contributed by atoms with Gasteiger partial charge >= 0.3 is 5.97 Å². The summed E-state index contributed by atoms with van der Waals surface area (Å²) >= 11 is 6.25. The largest absolute Gasteiger partial charge is 0.569 e. The predicted molar refractivity (Wildman–Crippen MR) is 166 cm³/mol. The molecule has 1 heterocycles. The number of nitrogens with one attached hydrogen (secondary N) is 2. The van der Waals surface area contributed by atoms with E-state index in [4.69, 9.17) is 21.2 Å². The molecule has 0 aromatic heterocycles. The van der Waals surface area contributed by atoms with Crippen LogP contribution in [0.5, 0.6) is 0 Å². The van der Waals surface area contributed by atoms with E-state index in [0.29, 0.717) is 24.2 Å². The first kappa shape index (κ1) is 33.5. The smallest absolute Gasteiger partial charge is 0.313 e. The van der Waals surface area contributed by atoms with E-state index in [9.17, 15) is 23.2 Å². The second-order valence-electron chi connectivity index (χ2n) is 10.2. The third-order valence-electron chi connectivity index (χ3n) is 7.12. The van der Waals surface area contributed by atoms with Gasteiger partial charge in [-0.05, 0) is 68.1 Å². The molecule has 0 bridgehead atoms. The molecular formula is C30H35ClN6O7S. The first-order valence-corrected chi connectivity index (χ1v) is 16.1. The lowest BCUT2D eigenvalue weighted by Gasteiger charge is -2.25. The predicted octanol–water partition coefficient (Wildman–Crippen LogP) is 4.11. The lowest BCUT2D eigenvalue weighted by molar-refractivity contribution is -0.710. The van der Waals surface area contributed by atoms with Crippen LogP contribution in [-0.4, -0.2) is 56.2 Å². The molecule has 1 atom stereocenters. The second kappa shape index (κ2) is 15.1. The van der Waals surface area contributed by atoms with Gasteiger partial charge in [0.15, 0.2) is 0 Å². The van der Waals surface area contributed by atoms with Crippen molar-refractivity contribution >= 4 is 39.2 Å². The lowest BCUT2D eigenvalue weighted by atomic mass is 10.1. The molecule has 1 aliphatic rings. The SMILES string of the molecule is CCN(CC)/[N+]([O-])=N/OCOC(=O)Cc1ccc(CNS(=O)(=O)c2cc(C(=O)NN3c4ccccc4CC3C)ccc2Cl)cc1. The van der Waals surface area contributed by atoms with E-state index < -0.39 is 28.7 Å². The highest BCUT2D eigenvalue weighted by atomic mass is 35.5. The first-order chi connectivity index (χ1) is 21.5. The number of esters is 1. The molecule has 1 aliphatic heterocycles. The van der Waals surface area contributed by atoms with Gasteiger partial charge in [0, 0.05) is 12.1 Å². The van der Waals surface area contributed by atoms with E-state index in [1.165, 1.54) is 23.2 Å². The van der Waals surface area contributed by atoms with Crippen molar-refractivity contribution < 1.29 is 32.6 Å². The van der Waals surface area contributed by atoms with Gasteiger partial charge in [-0.15, -0.1) is 5.01 Å². The Labute approximate surface area is 266 Å². The van der Waals surface area contributed by atoms with Crippen molar-refractivity contribution in [3.05, 3.63) is 99.2 Å². The van der Waals surface area contributed by atoms with Crippen LogP contribution in [0.3, 0.4) is 0 Å². The number of fused-ring (bicyclic) bond motifs is 1. The minimum Gasteiger partial charge on any atom is -0.569 e. The lowest BCUT2D eigenvalue weighted by Crippen LogP contribution is -2.45. The zero-order chi connectivity index (χ0) is 32.6. The molecule has 3 aromatic carbocycles. The van der Waals surface area contributed by atoms with Gasteiger partial charge in [0.1, 0.15) is 4.90 Å². The number of amides is 1. The Morgan fingerprint density at radius 3 is 2.49 bits per heavy atom. The van der Waals surface area contributed by atoms with Gasteiger partial charge in [-0.2, -0.15) is 0 Å². The number of anilines is 1. The fourth-order valence-corrected chi connectivity index (χ4v) is 6.23. The first-order valence-electron chi connectivity index (χ1n) is 14.3. The standard InChI is InChI=1S/C30H35ClN6O7S/c1-4-35(5-2)37(40)34-44-20-43-29(38)17-22-10-12-23(13-11-22)19-32-45(41,42)28-18-25(14-15-26(28)31)30(39)33-36-21(3)16-24-8-6-7-9-27(24)36/h6-15,18,21,32H,4-5,16-17,19-20H2,1-3H3,(H,33,39)/b37-34-. The van der Waals surface area contributed by atoms with E-state index in [1.807, 2.05) is 31.2 Å². The molecule has 0 fully saturated rings. The van der Waals surface area contributed by atoms with Crippen LogP contribution in [0.4, 0.5) is 5.69 Å². The third-order valence-corrected chi connectivity index (χ3v) is 9.00. The Hall–Kier alpha value is -4.40. The van der Waals surface area contributed by atoms with Crippen LogP contribution >= 0.6 is 11.6 Å². The molecule has 2 N–H and O–H groups in total.